The van der Waals surface area contributed by atoms with E-state index >= 15 is 0 Å². The van der Waals surface area contributed by atoms with Gasteiger partial charge in [0.15, 0.2) is 0 Å². The van der Waals surface area contributed by atoms with Crippen molar-refractivity contribution in [1.29, 1.82) is 0 Å². The highest BCUT2D eigenvalue weighted by Crippen LogP contribution is 2.27. The highest BCUT2D eigenvalue weighted by molar-refractivity contribution is 7.91. The number of sulfonamides is 1. The van der Waals surface area contributed by atoms with Crippen LogP contribution in [0.3, 0.4) is 0 Å². The number of likely N-dealkylation sites (N-methyl/N-ethyl adjacent to an activating group) is 1. The van der Waals surface area contributed by atoms with Gasteiger partial charge in [0.05, 0.1) is 10.6 Å². The van der Waals surface area contributed by atoms with E-state index in [1.54, 1.807) is 25.4 Å². The lowest BCUT2D eigenvalue weighted by Gasteiger charge is -2.14. The summed E-state index contributed by atoms with van der Waals surface area (Å²) in [5.41, 5.74) is 0. The highest BCUT2D eigenvalue weighted by atomic mass is 35.5. The van der Waals surface area contributed by atoms with Crippen LogP contribution in [0.15, 0.2) is 39.2 Å². The minimum atomic E-state index is -3.45. The van der Waals surface area contributed by atoms with Crippen LogP contribution in [0.4, 0.5) is 0 Å². The topological polar surface area (TPSA) is 50.5 Å². The van der Waals surface area contributed by atoms with Gasteiger partial charge in [0.25, 0.3) is 10.0 Å². The molecule has 2 aromatic heterocycles. The fraction of sp³-hybridized carbons (Fsp3) is 0.273. The lowest BCUT2D eigenvalue weighted by atomic mass is 10.3. The second-order valence-corrected chi connectivity index (χ2v) is 7.70. The van der Waals surface area contributed by atoms with Crippen LogP contribution in [0.2, 0.25) is 4.34 Å². The van der Waals surface area contributed by atoms with Crippen molar-refractivity contribution < 1.29 is 12.8 Å². The van der Waals surface area contributed by atoms with E-state index in [4.69, 9.17) is 16.0 Å². The first-order valence-corrected chi connectivity index (χ1v) is 7.87. The first-order chi connectivity index (χ1) is 8.50. The molecule has 2 rings (SSSR count). The average molecular weight is 306 g/mol. The minimum absolute atomic E-state index is 0.259. The Morgan fingerprint density at radius 3 is 2.72 bits per heavy atom. The van der Waals surface area contributed by atoms with Crippen molar-refractivity contribution in [2.75, 3.05) is 13.6 Å². The molecule has 4 nitrogen and oxygen atoms in total. The number of hydrogen-bond donors (Lipinski definition) is 0. The Bertz CT molecular complexity index is 604. The number of hydrogen-bond acceptors (Lipinski definition) is 4. The molecule has 2 aromatic rings. The zero-order chi connectivity index (χ0) is 13.2. The molecule has 0 N–H and O–H groups in total. The van der Waals surface area contributed by atoms with Crippen molar-refractivity contribution >= 4 is 33.0 Å². The number of furan rings is 1. The molecule has 0 aliphatic heterocycles. The van der Waals surface area contributed by atoms with Crippen LogP contribution in [0, 0.1) is 0 Å². The summed E-state index contributed by atoms with van der Waals surface area (Å²) in [6.45, 7) is 0.366. The first kappa shape index (κ1) is 13.6. The molecular formula is C11H12ClNO3S2. The van der Waals surface area contributed by atoms with Gasteiger partial charge in [-0.15, -0.1) is 11.3 Å². The van der Waals surface area contributed by atoms with Crippen LogP contribution >= 0.6 is 22.9 Å². The number of rotatable bonds is 5. The summed E-state index contributed by atoms with van der Waals surface area (Å²) in [5.74, 6) is 0.765. The lowest BCUT2D eigenvalue weighted by Crippen LogP contribution is -2.28. The van der Waals surface area contributed by atoms with Crippen molar-refractivity contribution in [3.63, 3.8) is 0 Å². The predicted molar refractivity (Wildman–Crippen MR) is 71.6 cm³/mol. The Balaban J connectivity index is 2.06. The van der Waals surface area contributed by atoms with Gasteiger partial charge in [-0.05, 0) is 24.3 Å². The summed E-state index contributed by atoms with van der Waals surface area (Å²) in [6.07, 6.45) is 2.12. The van der Waals surface area contributed by atoms with E-state index < -0.39 is 10.0 Å². The van der Waals surface area contributed by atoms with Crippen molar-refractivity contribution in [3.05, 3.63) is 40.6 Å². The number of thiophene rings is 1. The molecule has 0 bridgehead atoms. The molecule has 0 aliphatic carbocycles. The van der Waals surface area contributed by atoms with E-state index in [9.17, 15) is 8.42 Å². The van der Waals surface area contributed by atoms with Crippen LogP contribution in [0.25, 0.3) is 0 Å². The highest BCUT2D eigenvalue weighted by Gasteiger charge is 2.22. The lowest BCUT2D eigenvalue weighted by molar-refractivity contribution is 0.442. The molecule has 18 heavy (non-hydrogen) atoms. The summed E-state index contributed by atoms with van der Waals surface area (Å²) in [6, 6.07) is 6.70. The molecule has 0 atom stereocenters. The number of halogens is 1. The van der Waals surface area contributed by atoms with Gasteiger partial charge in [-0.1, -0.05) is 11.6 Å². The van der Waals surface area contributed by atoms with Gasteiger partial charge in [0.2, 0.25) is 0 Å². The van der Waals surface area contributed by atoms with Gasteiger partial charge >= 0.3 is 0 Å². The quantitative estimate of drug-likeness (QED) is 0.853. The van der Waals surface area contributed by atoms with E-state index in [0.29, 0.717) is 17.3 Å². The summed E-state index contributed by atoms with van der Waals surface area (Å²) < 4.78 is 31.5. The Morgan fingerprint density at radius 2 is 2.17 bits per heavy atom. The molecule has 0 spiro atoms. The molecule has 0 radical (unpaired) electrons. The molecule has 0 aliphatic rings. The molecule has 0 amide bonds. The van der Waals surface area contributed by atoms with E-state index in [0.717, 1.165) is 17.1 Å². The summed E-state index contributed by atoms with van der Waals surface area (Å²) in [5, 5.41) is 0. The predicted octanol–water partition coefficient (Wildman–Crippen LogP) is 2.86. The van der Waals surface area contributed by atoms with Gasteiger partial charge in [0.1, 0.15) is 9.97 Å². The second kappa shape index (κ2) is 5.44. The smallest absolute Gasteiger partial charge is 0.252 e. The normalized spacial score (nSPS) is 12.2. The molecule has 98 valence electrons. The molecule has 0 aromatic carbocycles. The maximum absolute atomic E-state index is 12.2. The van der Waals surface area contributed by atoms with E-state index in [1.807, 2.05) is 6.07 Å². The zero-order valence-corrected chi connectivity index (χ0v) is 12.1. The molecule has 0 unspecified atom stereocenters. The number of nitrogens with zero attached hydrogens (tertiary/aromatic N) is 1. The summed E-state index contributed by atoms with van der Waals surface area (Å²) in [7, 11) is -1.90. The molecule has 0 fully saturated rings. The fourth-order valence-corrected chi connectivity index (χ4v) is 4.30. The van der Waals surface area contributed by atoms with Gasteiger partial charge < -0.3 is 4.42 Å². The largest absolute Gasteiger partial charge is 0.469 e. The van der Waals surface area contributed by atoms with Crippen LogP contribution in [0.1, 0.15) is 5.76 Å². The third kappa shape index (κ3) is 2.95. The monoisotopic (exact) mass is 305 g/mol. The van der Waals surface area contributed by atoms with Gasteiger partial charge in [0, 0.05) is 20.0 Å². The Kier molecular flexibility index (Phi) is 4.11. The fourth-order valence-electron chi connectivity index (χ4n) is 1.43. The molecule has 0 saturated carbocycles. The van der Waals surface area contributed by atoms with Crippen molar-refractivity contribution in [2.45, 2.75) is 10.6 Å². The Labute approximate surface area is 115 Å². The maximum Gasteiger partial charge on any atom is 0.252 e. The molecule has 7 heteroatoms. The summed E-state index contributed by atoms with van der Waals surface area (Å²) >= 11 is 6.81. The van der Waals surface area contributed by atoms with E-state index in [2.05, 4.69) is 0 Å². The SMILES string of the molecule is CN(CCc1ccco1)S(=O)(=O)c1ccc(Cl)s1. The van der Waals surface area contributed by atoms with Crippen LogP contribution < -0.4 is 0 Å². The van der Waals surface area contributed by atoms with Crippen molar-refractivity contribution in [3.8, 4) is 0 Å². The van der Waals surface area contributed by atoms with Gasteiger partial charge in [-0.25, -0.2) is 8.42 Å². The van der Waals surface area contributed by atoms with Crippen LogP contribution in [0.5, 0.6) is 0 Å². The molecular weight excluding hydrogens is 294 g/mol. The van der Waals surface area contributed by atoms with Crippen LogP contribution in [-0.2, 0) is 16.4 Å². The Morgan fingerprint density at radius 1 is 1.39 bits per heavy atom. The van der Waals surface area contributed by atoms with Crippen LogP contribution in [-0.4, -0.2) is 26.3 Å². The third-order valence-electron chi connectivity index (χ3n) is 2.47. The summed E-state index contributed by atoms with van der Waals surface area (Å²) in [4.78, 5) is 0. The standard InChI is InChI=1S/C11H12ClNO3S2/c1-13(7-6-9-3-2-8-16-9)18(14,15)11-5-4-10(12)17-11/h2-5,8H,6-7H2,1H3. The van der Waals surface area contributed by atoms with E-state index in [1.165, 1.54) is 10.4 Å². The second-order valence-electron chi connectivity index (χ2n) is 3.71. The third-order valence-corrected chi connectivity index (χ3v) is 6.02. The van der Waals surface area contributed by atoms with Gasteiger partial charge in [-0.2, -0.15) is 4.31 Å². The maximum atomic E-state index is 12.2. The van der Waals surface area contributed by atoms with Crippen molar-refractivity contribution in [1.82, 2.24) is 4.31 Å². The van der Waals surface area contributed by atoms with E-state index in [-0.39, 0.29) is 4.21 Å². The van der Waals surface area contributed by atoms with Crippen molar-refractivity contribution in [2.24, 2.45) is 0 Å². The first-order valence-electron chi connectivity index (χ1n) is 5.24. The average Bonchev–Trinajstić information content (AvgIpc) is 2.96. The van der Waals surface area contributed by atoms with Gasteiger partial charge in [-0.3, -0.25) is 0 Å². The molecule has 0 saturated heterocycles. The molecule has 2 heterocycles. The Hall–Kier alpha value is -0.820. The minimum Gasteiger partial charge on any atom is -0.469 e. The zero-order valence-electron chi connectivity index (χ0n) is 9.67.